The zero-order chi connectivity index (χ0) is 10.7. The van der Waals surface area contributed by atoms with Gasteiger partial charge in [0.1, 0.15) is 0 Å². The number of hydrogen-bond acceptors (Lipinski definition) is 3. The van der Waals surface area contributed by atoms with E-state index >= 15 is 0 Å². The number of nitrogens with one attached hydrogen (secondary N) is 1. The van der Waals surface area contributed by atoms with E-state index in [0.717, 1.165) is 24.0 Å². The van der Waals surface area contributed by atoms with Crippen LogP contribution < -0.4 is 11.1 Å². The third-order valence-electron chi connectivity index (χ3n) is 2.91. The molecule has 1 aliphatic rings. The van der Waals surface area contributed by atoms with Crippen LogP contribution in [0.25, 0.3) is 0 Å². The number of nitrogens with two attached hydrogens (primary N) is 1. The molecule has 1 saturated heterocycles. The molecule has 0 amide bonds. The SMILES string of the molecule is Cc1c(N)cccc1SC1CCNCC1. The van der Waals surface area contributed by atoms with Crippen LogP contribution >= 0.6 is 11.8 Å². The Kier molecular flexibility index (Phi) is 3.54. The Morgan fingerprint density at radius 2 is 2.07 bits per heavy atom. The van der Waals surface area contributed by atoms with Crippen molar-refractivity contribution in [2.45, 2.75) is 29.9 Å². The lowest BCUT2D eigenvalue weighted by Crippen LogP contribution is -2.29. The molecule has 3 heteroatoms. The molecule has 0 bridgehead atoms. The van der Waals surface area contributed by atoms with Crippen molar-refractivity contribution in [3.05, 3.63) is 23.8 Å². The molecule has 0 radical (unpaired) electrons. The molecule has 0 aliphatic carbocycles. The standard InChI is InChI=1S/C12H18N2S/c1-9-11(13)3-2-4-12(9)15-10-5-7-14-8-6-10/h2-4,10,14H,5-8,13H2,1H3. The van der Waals surface area contributed by atoms with Crippen LogP contribution in [0.5, 0.6) is 0 Å². The first-order valence-electron chi connectivity index (χ1n) is 5.50. The van der Waals surface area contributed by atoms with E-state index in [-0.39, 0.29) is 0 Å². The summed E-state index contributed by atoms with van der Waals surface area (Å²) < 4.78 is 0. The van der Waals surface area contributed by atoms with Gasteiger partial charge in [-0.25, -0.2) is 0 Å². The van der Waals surface area contributed by atoms with Gasteiger partial charge in [0.05, 0.1) is 0 Å². The zero-order valence-corrected chi connectivity index (χ0v) is 9.94. The highest BCUT2D eigenvalue weighted by Gasteiger charge is 2.15. The highest BCUT2D eigenvalue weighted by molar-refractivity contribution is 8.00. The van der Waals surface area contributed by atoms with Gasteiger partial charge in [0, 0.05) is 15.8 Å². The number of anilines is 1. The van der Waals surface area contributed by atoms with Gasteiger partial charge in [-0.1, -0.05) is 6.07 Å². The first-order valence-corrected chi connectivity index (χ1v) is 6.38. The molecule has 3 N–H and O–H groups in total. The van der Waals surface area contributed by atoms with Gasteiger partial charge >= 0.3 is 0 Å². The van der Waals surface area contributed by atoms with Crippen molar-refractivity contribution in [1.82, 2.24) is 5.32 Å². The molecular weight excluding hydrogens is 204 g/mol. The van der Waals surface area contributed by atoms with E-state index < -0.39 is 0 Å². The average Bonchev–Trinajstić information content (AvgIpc) is 2.26. The third kappa shape index (κ3) is 2.67. The topological polar surface area (TPSA) is 38.0 Å². The van der Waals surface area contributed by atoms with E-state index in [1.807, 2.05) is 23.9 Å². The summed E-state index contributed by atoms with van der Waals surface area (Å²) >= 11 is 1.99. The van der Waals surface area contributed by atoms with Crippen LogP contribution in [0.4, 0.5) is 5.69 Å². The van der Waals surface area contributed by atoms with Crippen molar-refractivity contribution in [1.29, 1.82) is 0 Å². The van der Waals surface area contributed by atoms with Gasteiger partial charge < -0.3 is 11.1 Å². The van der Waals surface area contributed by atoms with Gasteiger partial charge in [-0.3, -0.25) is 0 Å². The molecule has 2 nitrogen and oxygen atoms in total. The average molecular weight is 222 g/mol. The van der Waals surface area contributed by atoms with E-state index in [2.05, 4.69) is 18.3 Å². The van der Waals surface area contributed by atoms with Crippen LogP contribution in [0.3, 0.4) is 0 Å². The summed E-state index contributed by atoms with van der Waals surface area (Å²) in [5, 5.41) is 4.14. The lowest BCUT2D eigenvalue weighted by molar-refractivity contribution is 0.531. The molecule has 1 fully saturated rings. The first kappa shape index (κ1) is 10.8. The van der Waals surface area contributed by atoms with E-state index in [4.69, 9.17) is 5.73 Å². The number of hydrogen-bond donors (Lipinski definition) is 2. The molecule has 0 aromatic heterocycles. The number of rotatable bonds is 2. The van der Waals surface area contributed by atoms with Crippen LogP contribution in [0.2, 0.25) is 0 Å². The third-order valence-corrected chi connectivity index (χ3v) is 4.41. The summed E-state index contributed by atoms with van der Waals surface area (Å²) in [4.78, 5) is 1.35. The van der Waals surface area contributed by atoms with Gasteiger partial charge in [-0.05, 0) is 50.6 Å². The van der Waals surface area contributed by atoms with Crippen molar-refractivity contribution in [2.75, 3.05) is 18.8 Å². The van der Waals surface area contributed by atoms with Gasteiger partial charge in [-0.15, -0.1) is 11.8 Å². The van der Waals surface area contributed by atoms with Crippen LogP contribution in [0.1, 0.15) is 18.4 Å². The fourth-order valence-electron chi connectivity index (χ4n) is 1.85. The van der Waals surface area contributed by atoms with Crippen molar-refractivity contribution in [2.24, 2.45) is 0 Å². The summed E-state index contributed by atoms with van der Waals surface area (Å²) in [6, 6.07) is 6.20. The molecule has 0 atom stereocenters. The maximum atomic E-state index is 5.90. The molecule has 15 heavy (non-hydrogen) atoms. The van der Waals surface area contributed by atoms with Crippen molar-refractivity contribution >= 4 is 17.4 Å². The largest absolute Gasteiger partial charge is 0.398 e. The maximum Gasteiger partial charge on any atom is 0.0354 e. The Morgan fingerprint density at radius 1 is 1.33 bits per heavy atom. The predicted molar refractivity (Wildman–Crippen MR) is 67.3 cm³/mol. The van der Waals surface area contributed by atoms with Crippen LogP contribution in [-0.4, -0.2) is 18.3 Å². The fourth-order valence-corrected chi connectivity index (χ4v) is 3.13. The fraction of sp³-hybridized carbons (Fsp3) is 0.500. The summed E-state index contributed by atoms with van der Waals surface area (Å²) in [6.45, 7) is 4.41. The highest BCUT2D eigenvalue weighted by Crippen LogP contribution is 2.32. The van der Waals surface area contributed by atoms with E-state index in [0.29, 0.717) is 0 Å². The number of thioether (sulfide) groups is 1. The Bertz CT molecular complexity index is 332. The predicted octanol–water partition coefficient (Wildman–Crippen LogP) is 2.42. The second-order valence-electron chi connectivity index (χ2n) is 4.04. The zero-order valence-electron chi connectivity index (χ0n) is 9.12. The lowest BCUT2D eigenvalue weighted by atomic mass is 10.2. The second-order valence-corrected chi connectivity index (χ2v) is 5.38. The minimum atomic E-state index is 0.756. The summed E-state index contributed by atoms with van der Waals surface area (Å²) in [6.07, 6.45) is 2.53. The van der Waals surface area contributed by atoms with E-state index in [1.165, 1.54) is 23.3 Å². The quantitative estimate of drug-likeness (QED) is 0.755. The van der Waals surface area contributed by atoms with Crippen molar-refractivity contribution in [3.63, 3.8) is 0 Å². The molecule has 1 heterocycles. The van der Waals surface area contributed by atoms with Crippen LogP contribution in [0.15, 0.2) is 23.1 Å². The molecule has 0 saturated carbocycles. The van der Waals surface area contributed by atoms with Crippen molar-refractivity contribution < 1.29 is 0 Å². The first-order chi connectivity index (χ1) is 7.27. The Hall–Kier alpha value is -0.670. The van der Waals surface area contributed by atoms with Gasteiger partial charge in [0.2, 0.25) is 0 Å². The second kappa shape index (κ2) is 4.90. The summed E-state index contributed by atoms with van der Waals surface area (Å²) in [7, 11) is 0. The van der Waals surface area contributed by atoms with E-state index in [9.17, 15) is 0 Å². The highest BCUT2D eigenvalue weighted by atomic mass is 32.2. The lowest BCUT2D eigenvalue weighted by Gasteiger charge is -2.22. The van der Waals surface area contributed by atoms with Gasteiger partial charge in [-0.2, -0.15) is 0 Å². The number of nitrogen functional groups attached to an aromatic ring is 1. The van der Waals surface area contributed by atoms with E-state index in [1.54, 1.807) is 0 Å². The minimum Gasteiger partial charge on any atom is -0.398 e. The normalized spacial score (nSPS) is 17.9. The van der Waals surface area contributed by atoms with Gasteiger partial charge in [0.25, 0.3) is 0 Å². The molecule has 2 rings (SSSR count). The monoisotopic (exact) mass is 222 g/mol. The smallest absolute Gasteiger partial charge is 0.0354 e. The molecule has 0 spiro atoms. The molecular formula is C12H18N2S. The maximum absolute atomic E-state index is 5.90. The number of piperidine rings is 1. The van der Waals surface area contributed by atoms with Gasteiger partial charge in [0.15, 0.2) is 0 Å². The molecule has 0 unspecified atom stereocenters. The Morgan fingerprint density at radius 3 is 2.80 bits per heavy atom. The summed E-state index contributed by atoms with van der Waals surface area (Å²) in [5.74, 6) is 0. The molecule has 1 aromatic carbocycles. The van der Waals surface area contributed by atoms with Crippen LogP contribution in [0, 0.1) is 6.92 Å². The molecule has 82 valence electrons. The minimum absolute atomic E-state index is 0.756. The molecule has 1 aromatic rings. The Labute approximate surface area is 95.6 Å². The Balaban J connectivity index is 2.06. The summed E-state index contributed by atoms with van der Waals surface area (Å²) in [5.41, 5.74) is 8.05. The number of benzene rings is 1. The van der Waals surface area contributed by atoms with Crippen LogP contribution in [-0.2, 0) is 0 Å². The molecule has 1 aliphatic heterocycles. The van der Waals surface area contributed by atoms with Crippen molar-refractivity contribution in [3.8, 4) is 0 Å².